The molecule has 0 aliphatic carbocycles. The highest BCUT2D eigenvalue weighted by Gasteiger charge is 2.36. The minimum atomic E-state index is 0. The first-order valence-electron chi connectivity index (χ1n) is 7.85. The SMILES string of the molecule is Cc1cc(Br)cc(C(=O)N2CCC3(CCNCC3)CC2)c1.Cl. The highest BCUT2D eigenvalue weighted by Crippen LogP contribution is 2.39. The van der Waals surface area contributed by atoms with Crippen molar-refractivity contribution in [2.45, 2.75) is 32.6 Å². The first-order chi connectivity index (χ1) is 10.1. The van der Waals surface area contributed by atoms with Gasteiger partial charge in [0.1, 0.15) is 0 Å². The predicted octanol–water partition coefficient (Wildman–Crippen LogP) is 3.79. The molecule has 5 heteroatoms. The van der Waals surface area contributed by atoms with E-state index in [0.29, 0.717) is 5.41 Å². The van der Waals surface area contributed by atoms with Gasteiger partial charge in [0.15, 0.2) is 0 Å². The number of nitrogens with zero attached hydrogens (tertiary/aromatic N) is 1. The fraction of sp³-hybridized carbons (Fsp3) is 0.588. The summed E-state index contributed by atoms with van der Waals surface area (Å²) in [6, 6.07) is 5.96. The van der Waals surface area contributed by atoms with E-state index < -0.39 is 0 Å². The summed E-state index contributed by atoms with van der Waals surface area (Å²) in [6.07, 6.45) is 4.86. The Balaban J connectivity index is 0.00000176. The third kappa shape index (κ3) is 3.84. The Morgan fingerprint density at radius 2 is 1.77 bits per heavy atom. The molecule has 122 valence electrons. The lowest BCUT2D eigenvalue weighted by atomic mass is 9.71. The average molecular weight is 388 g/mol. The third-order valence-electron chi connectivity index (χ3n) is 5.06. The molecule has 2 aliphatic rings. The maximum atomic E-state index is 12.7. The molecule has 2 saturated heterocycles. The van der Waals surface area contributed by atoms with Crippen molar-refractivity contribution in [1.82, 2.24) is 10.2 Å². The van der Waals surface area contributed by atoms with E-state index in [0.717, 1.165) is 54.6 Å². The summed E-state index contributed by atoms with van der Waals surface area (Å²) in [5, 5.41) is 3.44. The zero-order chi connectivity index (χ0) is 14.9. The van der Waals surface area contributed by atoms with Crippen LogP contribution >= 0.6 is 28.3 Å². The Morgan fingerprint density at radius 1 is 1.14 bits per heavy atom. The van der Waals surface area contributed by atoms with Gasteiger partial charge < -0.3 is 10.2 Å². The summed E-state index contributed by atoms with van der Waals surface area (Å²) >= 11 is 3.49. The summed E-state index contributed by atoms with van der Waals surface area (Å²) < 4.78 is 0.984. The van der Waals surface area contributed by atoms with Crippen LogP contribution < -0.4 is 5.32 Å². The Morgan fingerprint density at radius 3 is 2.36 bits per heavy atom. The minimum absolute atomic E-state index is 0. The van der Waals surface area contributed by atoms with Crippen LogP contribution in [-0.2, 0) is 0 Å². The van der Waals surface area contributed by atoms with Crippen LogP contribution in [0.4, 0.5) is 0 Å². The van der Waals surface area contributed by atoms with Crippen LogP contribution in [0.25, 0.3) is 0 Å². The number of piperidine rings is 2. The highest BCUT2D eigenvalue weighted by molar-refractivity contribution is 9.10. The molecular formula is C17H24BrClN2O. The number of carbonyl (C=O) groups is 1. The summed E-state index contributed by atoms with van der Waals surface area (Å²) in [5.41, 5.74) is 2.43. The lowest BCUT2D eigenvalue weighted by Crippen LogP contribution is -2.47. The lowest BCUT2D eigenvalue weighted by molar-refractivity contribution is 0.0495. The summed E-state index contributed by atoms with van der Waals surface area (Å²) in [6.45, 7) is 6.12. The molecule has 0 bridgehead atoms. The van der Waals surface area contributed by atoms with E-state index in [1.165, 1.54) is 12.8 Å². The standard InChI is InChI=1S/C17H23BrN2O.ClH/c1-13-10-14(12-15(18)11-13)16(21)20-8-4-17(5-9-20)2-6-19-7-3-17;/h10-12,19H,2-9H2,1H3;1H. The van der Waals surface area contributed by atoms with Gasteiger partial charge in [-0.05, 0) is 74.9 Å². The Hall–Kier alpha value is -0.580. The highest BCUT2D eigenvalue weighted by atomic mass is 79.9. The van der Waals surface area contributed by atoms with Crippen molar-refractivity contribution in [3.8, 4) is 0 Å². The third-order valence-corrected chi connectivity index (χ3v) is 5.52. The number of hydrogen-bond acceptors (Lipinski definition) is 2. The number of amides is 1. The number of carbonyl (C=O) groups excluding carboxylic acids is 1. The molecule has 2 fully saturated rings. The number of rotatable bonds is 1. The molecule has 22 heavy (non-hydrogen) atoms. The van der Waals surface area contributed by atoms with E-state index in [1.807, 2.05) is 30.0 Å². The molecule has 1 amide bonds. The quantitative estimate of drug-likeness (QED) is 0.795. The van der Waals surface area contributed by atoms with Crippen molar-refractivity contribution in [2.24, 2.45) is 5.41 Å². The molecule has 3 nitrogen and oxygen atoms in total. The van der Waals surface area contributed by atoms with Crippen LogP contribution in [0.1, 0.15) is 41.6 Å². The van der Waals surface area contributed by atoms with Crippen molar-refractivity contribution in [3.05, 3.63) is 33.8 Å². The maximum absolute atomic E-state index is 12.7. The van der Waals surface area contributed by atoms with Crippen molar-refractivity contribution in [2.75, 3.05) is 26.2 Å². The van der Waals surface area contributed by atoms with Crippen LogP contribution in [0.2, 0.25) is 0 Å². The van der Waals surface area contributed by atoms with E-state index in [1.54, 1.807) is 0 Å². The van der Waals surface area contributed by atoms with Crippen molar-refractivity contribution < 1.29 is 4.79 Å². The fourth-order valence-corrected chi connectivity index (χ4v) is 4.29. The number of likely N-dealkylation sites (tertiary alicyclic amines) is 1. The van der Waals surface area contributed by atoms with Crippen molar-refractivity contribution >= 4 is 34.2 Å². The van der Waals surface area contributed by atoms with Gasteiger partial charge in [-0.15, -0.1) is 12.4 Å². The van der Waals surface area contributed by atoms with Crippen molar-refractivity contribution in [1.29, 1.82) is 0 Å². The van der Waals surface area contributed by atoms with Gasteiger partial charge in [-0.2, -0.15) is 0 Å². The molecule has 3 rings (SSSR count). The molecule has 0 unspecified atom stereocenters. The second kappa shape index (κ2) is 7.33. The van der Waals surface area contributed by atoms with E-state index in [-0.39, 0.29) is 18.3 Å². The van der Waals surface area contributed by atoms with E-state index in [2.05, 4.69) is 21.2 Å². The van der Waals surface area contributed by atoms with Crippen LogP contribution in [0.3, 0.4) is 0 Å². The minimum Gasteiger partial charge on any atom is -0.339 e. The van der Waals surface area contributed by atoms with Crippen molar-refractivity contribution in [3.63, 3.8) is 0 Å². The van der Waals surface area contributed by atoms with Crippen LogP contribution in [-0.4, -0.2) is 37.0 Å². The Labute approximate surface area is 147 Å². The van der Waals surface area contributed by atoms with E-state index in [4.69, 9.17) is 0 Å². The molecular weight excluding hydrogens is 364 g/mol. The Kier molecular flexibility index (Phi) is 5.92. The first-order valence-corrected chi connectivity index (χ1v) is 8.65. The van der Waals surface area contributed by atoms with E-state index >= 15 is 0 Å². The predicted molar refractivity (Wildman–Crippen MR) is 95.8 cm³/mol. The Bertz CT molecular complexity index is 513. The smallest absolute Gasteiger partial charge is 0.253 e. The second-order valence-electron chi connectivity index (χ2n) is 6.56. The van der Waals surface area contributed by atoms with Gasteiger partial charge in [-0.3, -0.25) is 4.79 Å². The molecule has 1 spiro atoms. The first kappa shape index (κ1) is 17.8. The number of halogens is 2. The second-order valence-corrected chi connectivity index (χ2v) is 7.48. The topological polar surface area (TPSA) is 32.3 Å². The van der Waals surface area contributed by atoms with Gasteiger partial charge >= 0.3 is 0 Å². The van der Waals surface area contributed by atoms with Gasteiger partial charge in [-0.25, -0.2) is 0 Å². The largest absolute Gasteiger partial charge is 0.339 e. The summed E-state index contributed by atoms with van der Waals surface area (Å²) in [4.78, 5) is 14.7. The van der Waals surface area contributed by atoms with Gasteiger partial charge in [0.05, 0.1) is 0 Å². The molecule has 0 aromatic heterocycles. The summed E-state index contributed by atoms with van der Waals surface area (Å²) in [5.74, 6) is 0.184. The number of aryl methyl sites for hydroxylation is 1. The number of nitrogens with one attached hydrogen (secondary N) is 1. The molecule has 0 atom stereocenters. The summed E-state index contributed by atoms with van der Waals surface area (Å²) in [7, 11) is 0. The molecule has 0 saturated carbocycles. The molecule has 0 radical (unpaired) electrons. The van der Waals surface area contributed by atoms with Gasteiger partial charge in [-0.1, -0.05) is 15.9 Å². The van der Waals surface area contributed by atoms with Crippen LogP contribution in [0.5, 0.6) is 0 Å². The number of hydrogen-bond donors (Lipinski definition) is 1. The maximum Gasteiger partial charge on any atom is 0.253 e. The number of benzene rings is 1. The van der Waals surface area contributed by atoms with Crippen LogP contribution in [0, 0.1) is 12.3 Å². The molecule has 1 aromatic rings. The van der Waals surface area contributed by atoms with E-state index in [9.17, 15) is 4.79 Å². The average Bonchev–Trinajstić information content (AvgIpc) is 2.47. The molecule has 1 N–H and O–H groups in total. The molecule has 2 aliphatic heterocycles. The monoisotopic (exact) mass is 386 g/mol. The van der Waals surface area contributed by atoms with Gasteiger partial charge in [0, 0.05) is 23.1 Å². The van der Waals surface area contributed by atoms with Crippen LogP contribution in [0.15, 0.2) is 22.7 Å². The van der Waals surface area contributed by atoms with Gasteiger partial charge in [0.25, 0.3) is 5.91 Å². The normalized spacial score (nSPS) is 20.5. The lowest BCUT2D eigenvalue weighted by Gasteiger charge is -2.44. The zero-order valence-electron chi connectivity index (χ0n) is 13.0. The molecule has 1 aromatic carbocycles. The zero-order valence-corrected chi connectivity index (χ0v) is 15.4. The molecule has 2 heterocycles. The fourth-order valence-electron chi connectivity index (χ4n) is 3.68. The van der Waals surface area contributed by atoms with Gasteiger partial charge in [0.2, 0.25) is 0 Å².